The van der Waals surface area contributed by atoms with Crippen LogP contribution in [0.4, 0.5) is 4.39 Å². The molecule has 0 fully saturated rings. The molecule has 0 saturated heterocycles. The highest BCUT2D eigenvalue weighted by Gasteiger charge is 2.12. The van der Waals surface area contributed by atoms with Gasteiger partial charge >= 0.3 is 0 Å². The van der Waals surface area contributed by atoms with Crippen molar-refractivity contribution in [2.75, 3.05) is 21.2 Å². The Morgan fingerprint density at radius 2 is 2.07 bits per heavy atom. The van der Waals surface area contributed by atoms with E-state index in [1.165, 1.54) is 19.2 Å². The lowest BCUT2D eigenvalue weighted by Gasteiger charge is -2.18. The number of benzene rings is 1. The van der Waals surface area contributed by atoms with Gasteiger partial charge in [0.15, 0.2) is 11.6 Å². The summed E-state index contributed by atoms with van der Waals surface area (Å²) in [7, 11) is 4.83. The van der Waals surface area contributed by atoms with Crippen LogP contribution in [0.15, 0.2) is 18.2 Å². The third-order valence-corrected chi connectivity index (χ3v) is 1.96. The molecular formula is C10H14FNO2. The van der Waals surface area contributed by atoms with Crippen molar-refractivity contribution in [2.45, 2.75) is 6.23 Å². The van der Waals surface area contributed by atoms with Gasteiger partial charge in [-0.15, -0.1) is 0 Å². The van der Waals surface area contributed by atoms with E-state index in [9.17, 15) is 9.50 Å². The summed E-state index contributed by atoms with van der Waals surface area (Å²) in [5.74, 6) is -0.286. The van der Waals surface area contributed by atoms with E-state index >= 15 is 0 Å². The van der Waals surface area contributed by atoms with Crippen LogP contribution < -0.4 is 4.74 Å². The number of rotatable bonds is 3. The van der Waals surface area contributed by atoms with Crippen LogP contribution in [0.25, 0.3) is 0 Å². The van der Waals surface area contributed by atoms with Crippen LogP contribution in [0.1, 0.15) is 11.8 Å². The Morgan fingerprint density at radius 1 is 1.43 bits per heavy atom. The molecule has 0 aliphatic heterocycles. The molecule has 1 aromatic rings. The van der Waals surface area contributed by atoms with Crippen molar-refractivity contribution in [2.24, 2.45) is 0 Å². The zero-order valence-corrected chi connectivity index (χ0v) is 8.49. The number of methoxy groups -OCH3 is 1. The fourth-order valence-electron chi connectivity index (χ4n) is 1.14. The first-order valence-electron chi connectivity index (χ1n) is 4.24. The summed E-state index contributed by atoms with van der Waals surface area (Å²) in [4.78, 5) is 1.58. The minimum atomic E-state index is -0.796. The molecule has 1 rings (SSSR count). The fraction of sp³-hybridized carbons (Fsp3) is 0.400. The van der Waals surface area contributed by atoms with Gasteiger partial charge < -0.3 is 9.84 Å². The standard InChI is InChI=1S/C10H14FNO2/c1-12(2)10(13)7-4-5-9(14-3)8(11)6-7/h4-6,10,13H,1-3H3. The molecular weight excluding hydrogens is 185 g/mol. The Hall–Kier alpha value is -1.13. The maximum atomic E-state index is 13.2. The lowest BCUT2D eigenvalue weighted by atomic mass is 10.2. The summed E-state index contributed by atoms with van der Waals surface area (Å²) >= 11 is 0. The summed E-state index contributed by atoms with van der Waals surface area (Å²) in [6, 6.07) is 4.40. The molecule has 1 aromatic carbocycles. The lowest BCUT2D eigenvalue weighted by molar-refractivity contribution is 0.0392. The van der Waals surface area contributed by atoms with Crippen LogP contribution in [-0.4, -0.2) is 31.2 Å². The van der Waals surface area contributed by atoms with Gasteiger partial charge in [0.1, 0.15) is 6.23 Å². The second kappa shape index (κ2) is 4.39. The summed E-state index contributed by atoms with van der Waals surface area (Å²) in [5.41, 5.74) is 0.508. The van der Waals surface area contributed by atoms with Crippen LogP contribution in [0, 0.1) is 5.82 Å². The average molecular weight is 199 g/mol. The number of aliphatic hydroxyl groups is 1. The van der Waals surface area contributed by atoms with Crippen LogP contribution in [0.5, 0.6) is 5.75 Å². The largest absolute Gasteiger partial charge is 0.494 e. The molecule has 0 spiro atoms. The van der Waals surface area contributed by atoms with E-state index in [0.29, 0.717) is 5.56 Å². The van der Waals surface area contributed by atoms with Gasteiger partial charge in [-0.1, -0.05) is 6.07 Å². The quantitative estimate of drug-likeness (QED) is 0.747. The van der Waals surface area contributed by atoms with Gasteiger partial charge in [-0.3, -0.25) is 4.90 Å². The second-order valence-corrected chi connectivity index (χ2v) is 3.23. The molecule has 0 aliphatic carbocycles. The van der Waals surface area contributed by atoms with Crippen molar-refractivity contribution in [3.8, 4) is 5.75 Å². The first-order chi connectivity index (χ1) is 6.56. The molecule has 3 nitrogen and oxygen atoms in total. The van der Waals surface area contributed by atoms with E-state index < -0.39 is 12.0 Å². The topological polar surface area (TPSA) is 32.7 Å². The highest BCUT2D eigenvalue weighted by molar-refractivity contribution is 5.30. The van der Waals surface area contributed by atoms with Crippen molar-refractivity contribution in [1.82, 2.24) is 4.90 Å². The molecule has 14 heavy (non-hydrogen) atoms. The van der Waals surface area contributed by atoms with Crippen LogP contribution in [-0.2, 0) is 0 Å². The highest BCUT2D eigenvalue weighted by Crippen LogP contribution is 2.22. The predicted molar refractivity (Wildman–Crippen MR) is 51.6 cm³/mol. The Morgan fingerprint density at radius 3 is 2.50 bits per heavy atom. The highest BCUT2D eigenvalue weighted by atomic mass is 19.1. The Bertz CT molecular complexity index is 315. The molecule has 78 valence electrons. The molecule has 1 atom stereocenters. The number of hydrogen-bond donors (Lipinski definition) is 1. The molecule has 1 unspecified atom stereocenters. The molecule has 0 bridgehead atoms. The third-order valence-electron chi connectivity index (χ3n) is 1.96. The zero-order chi connectivity index (χ0) is 10.7. The number of halogens is 1. The van der Waals surface area contributed by atoms with Crippen LogP contribution in [0.2, 0.25) is 0 Å². The Kier molecular flexibility index (Phi) is 3.43. The van der Waals surface area contributed by atoms with Gasteiger partial charge in [-0.2, -0.15) is 0 Å². The van der Waals surface area contributed by atoms with E-state index in [0.717, 1.165) is 0 Å². The van der Waals surface area contributed by atoms with E-state index in [1.807, 2.05) is 0 Å². The number of ether oxygens (including phenoxy) is 1. The second-order valence-electron chi connectivity index (χ2n) is 3.23. The van der Waals surface area contributed by atoms with Crippen LogP contribution in [0.3, 0.4) is 0 Å². The van der Waals surface area contributed by atoms with Gasteiger partial charge in [-0.05, 0) is 31.8 Å². The predicted octanol–water partition coefficient (Wildman–Crippen LogP) is 1.39. The maximum absolute atomic E-state index is 13.2. The van der Waals surface area contributed by atoms with E-state index in [2.05, 4.69) is 0 Å². The van der Waals surface area contributed by atoms with Gasteiger partial charge in [-0.25, -0.2) is 4.39 Å². The summed E-state index contributed by atoms with van der Waals surface area (Å²) in [6.07, 6.45) is -0.796. The Labute approximate surface area is 82.7 Å². The minimum absolute atomic E-state index is 0.180. The van der Waals surface area contributed by atoms with Crippen molar-refractivity contribution in [1.29, 1.82) is 0 Å². The Balaban J connectivity index is 2.96. The minimum Gasteiger partial charge on any atom is -0.494 e. The molecule has 0 saturated carbocycles. The SMILES string of the molecule is COc1ccc(C(O)N(C)C)cc1F. The van der Waals surface area contributed by atoms with Crippen LogP contribution >= 0.6 is 0 Å². The smallest absolute Gasteiger partial charge is 0.165 e. The monoisotopic (exact) mass is 199 g/mol. The van der Waals surface area contributed by atoms with Crippen molar-refractivity contribution >= 4 is 0 Å². The van der Waals surface area contributed by atoms with Gasteiger partial charge in [0, 0.05) is 0 Å². The molecule has 4 heteroatoms. The lowest BCUT2D eigenvalue weighted by Crippen LogP contribution is -2.19. The first-order valence-corrected chi connectivity index (χ1v) is 4.24. The average Bonchev–Trinajstić information content (AvgIpc) is 2.16. The molecule has 1 N–H and O–H groups in total. The molecule has 0 heterocycles. The number of nitrogens with zero attached hydrogens (tertiary/aromatic N) is 1. The van der Waals surface area contributed by atoms with Gasteiger partial charge in [0.2, 0.25) is 0 Å². The van der Waals surface area contributed by atoms with Crippen molar-refractivity contribution < 1.29 is 14.2 Å². The van der Waals surface area contributed by atoms with E-state index in [-0.39, 0.29) is 5.75 Å². The molecule has 0 aliphatic rings. The molecule has 0 radical (unpaired) electrons. The van der Waals surface area contributed by atoms with Gasteiger partial charge in [0.05, 0.1) is 7.11 Å². The third kappa shape index (κ3) is 2.21. The van der Waals surface area contributed by atoms with E-state index in [1.54, 1.807) is 25.1 Å². The first kappa shape index (κ1) is 10.9. The van der Waals surface area contributed by atoms with Crippen molar-refractivity contribution in [3.63, 3.8) is 0 Å². The molecule has 0 amide bonds. The van der Waals surface area contributed by atoms with Crippen molar-refractivity contribution in [3.05, 3.63) is 29.6 Å². The number of aliphatic hydroxyl groups excluding tert-OH is 1. The summed E-state index contributed by atoms with van der Waals surface area (Å²) < 4.78 is 18.0. The molecule has 0 aromatic heterocycles. The summed E-state index contributed by atoms with van der Waals surface area (Å²) in [5, 5.41) is 9.60. The fourth-order valence-corrected chi connectivity index (χ4v) is 1.14. The summed E-state index contributed by atoms with van der Waals surface area (Å²) in [6.45, 7) is 0. The normalized spacial score (nSPS) is 13.0. The zero-order valence-electron chi connectivity index (χ0n) is 8.49. The maximum Gasteiger partial charge on any atom is 0.165 e. The van der Waals surface area contributed by atoms with E-state index in [4.69, 9.17) is 4.74 Å². The number of hydrogen-bond acceptors (Lipinski definition) is 3. The van der Waals surface area contributed by atoms with Gasteiger partial charge in [0.25, 0.3) is 0 Å².